The van der Waals surface area contributed by atoms with Gasteiger partial charge in [-0.25, -0.2) is 0 Å². The second kappa shape index (κ2) is 10.9. The largest absolute Gasteiger partial charge is 0.492 e. The quantitative estimate of drug-likeness (QED) is 0.418. The molecule has 5 nitrogen and oxygen atoms in total. The minimum absolute atomic E-state index is 0.545. The Morgan fingerprint density at radius 3 is 2.36 bits per heavy atom. The van der Waals surface area contributed by atoms with Crippen LogP contribution in [0, 0.1) is 0 Å². The lowest BCUT2D eigenvalue weighted by Gasteiger charge is -2.13. The summed E-state index contributed by atoms with van der Waals surface area (Å²) in [6.45, 7) is 7.26. The molecule has 0 aliphatic carbocycles. The first-order chi connectivity index (χ1) is 10.7. The predicted octanol–water partition coefficient (Wildman–Crippen LogP) is 2.39. The molecule has 0 spiro atoms. The molecular weight excluding hydrogens is 278 g/mol. The third-order valence-corrected chi connectivity index (χ3v) is 3.25. The number of guanidine groups is 1. The first kappa shape index (κ1) is 18.3. The van der Waals surface area contributed by atoms with Gasteiger partial charge in [0.1, 0.15) is 12.4 Å². The molecule has 1 aromatic carbocycles. The van der Waals surface area contributed by atoms with Crippen LogP contribution in [0.1, 0.15) is 31.7 Å². The van der Waals surface area contributed by atoms with E-state index in [0.717, 1.165) is 31.3 Å². The first-order valence-corrected chi connectivity index (χ1v) is 7.83. The molecule has 0 aliphatic rings. The molecule has 0 aromatic heterocycles. The van der Waals surface area contributed by atoms with Crippen molar-refractivity contribution < 1.29 is 9.47 Å². The summed E-state index contributed by atoms with van der Waals surface area (Å²) in [6, 6.07) is 8.27. The Kier molecular flexibility index (Phi) is 9.07. The summed E-state index contributed by atoms with van der Waals surface area (Å²) in [4.78, 5) is 4.16. The maximum absolute atomic E-state index is 5.71. The molecule has 1 aromatic rings. The van der Waals surface area contributed by atoms with Gasteiger partial charge in [0, 0.05) is 27.3 Å². The zero-order valence-corrected chi connectivity index (χ0v) is 14.2. The molecule has 0 fully saturated rings. The average molecular weight is 307 g/mol. The number of rotatable bonds is 9. The summed E-state index contributed by atoms with van der Waals surface area (Å²) < 4.78 is 10.7. The Bertz CT molecular complexity index is 430. The van der Waals surface area contributed by atoms with Gasteiger partial charge in [0.2, 0.25) is 0 Å². The van der Waals surface area contributed by atoms with Crippen molar-refractivity contribution in [1.82, 2.24) is 10.6 Å². The zero-order chi connectivity index (χ0) is 16.2. The molecule has 0 radical (unpaired) electrons. The molecule has 1 rings (SSSR count). The Morgan fingerprint density at radius 1 is 1.09 bits per heavy atom. The van der Waals surface area contributed by atoms with E-state index in [4.69, 9.17) is 9.47 Å². The van der Waals surface area contributed by atoms with E-state index in [0.29, 0.717) is 19.1 Å². The van der Waals surface area contributed by atoms with Gasteiger partial charge in [0.25, 0.3) is 0 Å². The molecule has 0 atom stereocenters. The molecular formula is C17H29N3O2. The van der Waals surface area contributed by atoms with Gasteiger partial charge in [-0.3, -0.25) is 4.99 Å². The van der Waals surface area contributed by atoms with Gasteiger partial charge < -0.3 is 20.1 Å². The summed E-state index contributed by atoms with van der Waals surface area (Å²) in [5.41, 5.74) is 1.33. The zero-order valence-electron chi connectivity index (χ0n) is 14.2. The van der Waals surface area contributed by atoms with E-state index in [-0.39, 0.29) is 0 Å². The molecule has 0 bridgehead atoms. The van der Waals surface area contributed by atoms with E-state index in [1.165, 1.54) is 5.56 Å². The fraction of sp³-hybridized carbons (Fsp3) is 0.588. The van der Waals surface area contributed by atoms with E-state index in [1.807, 2.05) is 12.1 Å². The van der Waals surface area contributed by atoms with Crippen LogP contribution in [0.5, 0.6) is 5.75 Å². The number of nitrogens with zero attached hydrogens (tertiary/aromatic N) is 1. The van der Waals surface area contributed by atoms with Crippen LogP contribution >= 0.6 is 0 Å². The summed E-state index contributed by atoms with van der Waals surface area (Å²) in [5.74, 6) is 2.23. The maximum atomic E-state index is 5.71. The highest BCUT2D eigenvalue weighted by atomic mass is 16.5. The van der Waals surface area contributed by atoms with Crippen LogP contribution < -0.4 is 15.4 Å². The molecule has 22 heavy (non-hydrogen) atoms. The summed E-state index contributed by atoms with van der Waals surface area (Å²) >= 11 is 0. The Balaban J connectivity index is 2.20. The smallest absolute Gasteiger partial charge is 0.191 e. The van der Waals surface area contributed by atoms with Gasteiger partial charge in [-0.1, -0.05) is 26.0 Å². The highest BCUT2D eigenvalue weighted by molar-refractivity contribution is 5.79. The van der Waals surface area contributed by atoms with Crippen molar-refractivity contribution >= 4 is 5.96 Å². The van der Waals surface area contributed by atoms with Crippen molar-refractivity contribution in [2.75, 3.05) is 40.5 Å². The summed E-state index contributed by atoms with van der Waals surface area (Å²) in [7, 11) is 3.47. The van der Waals surface area contributed by atoms with E-state index in [1.54, 1.807) is 14.2 Å². The number of methoxy groups -OCH3 is 1. The molecule has 0 unspecified atom stereocenters. The van der Waals surface area contributed by atoms with Crippen LogP contribution in [-0.2, 0) is 4.74 Å². The summed E-state index contributed by atoms with van der Waals surface area (Å²) in [5, 5.41) is 6.45. The van der Waals surface area contributed by atoms with Crippen LogP contribution in [0.25, 0.3) is 0 Å². The predicted molar refractivity (Wildman–Crippen MR) is 91.9 cm³/mol. The Labute approximate surface area is 134 Å². The molecule has 0 aliphatic heterocycles. The monoisotopic (exact) mass is 307 g/mol. The summed E-state index contributed by atoms with van der Waals surface area (Å²) in [6.07, 6.45) is 0.954. The van der Waals surface area contributed by atoms with Crippen LogP contribution in [0.4, 0.5) is 0 Å². The third-order valence-electron chi connectivity index (χ3n) is 3.25. The molecule has 0 saturated carbocycles. The molecule has 2 N–H and O–H groups in total. The van der Waals surface area contributed by atoms with Gasteiger partial charge in [-0.05, 0) is 30.0 Å². The van der Waals surface area contributed by atoms with Gasteiger partial charge in [-0.15, -0.1) is 0 Å². The number of benzene rings is 1. The van der Waals surface area contributed by atoms with Crippen molar-refractivity contribution in [3.05, 3.63) is 29.8 Å². The second-order valence-electron chi connectivity index (χ2n) is 5.34. The number of nitrogens with one attached hydrogen (secondary N) is 2. The van der Waals surface area contributed by atoms with Crippen molar-refractivity contribution in [2.45, 2.75) is 26.2 Å². The van der Waals surface area contributed by atoms with Crippen LogP contribution in [-0.4, -0.2) is 46.4 Å². The average Bonchev–Trinajstić information content (AvgIpc) is 2.53. The molecule has 0 heterocycles. The second-order valence-corrected chi connectivity index (χ2v) is 5.34. The molecule has 0 amide bonds. The minimum Gasteiger partial charge on any atom is -0.492 e. The lowest BCUT2D eigenvalue weighted by Crippen LogP contribution is -2.39. The number of aliphatic imine (C=N–C) groups is 1. The van der Waals surface area contributed by atoms with Gasteiger partial charge in [0.15, 0.2) is 5.96 Å². The van der Waals surface area contributed by atoms with Crippen molar-refractivity contribution in [1.29, 1.82) is 0 Å². The Hall–Kier alpha value is -1.75. The highest BCUT2D eigenvalue weighted by Crippen LogP contribution is 2.18. The fourth-order valence-corrected chi connectivity index (χ4v) is 1.93. The number of hydrogen-bond acceptors (Lipinski definition) is 3. The molecule has 124 valence electrons. The number of ether oxygens (including phenoxy) is 2. The highest BCUT2D eigenvalue weighted by Gasteiger charge is 2.00. The van der Waals surface area contributed by atoms with Crippen molar-refractivity contribution in [3.8, 4) is 5.75 Å². The van der Waals surface area contributed by atoms with E-state index >= 15 is 0 Å². The van der Waals surface area contributed by atoms with Gasteiger partial charge in [0.05, 0.1) is 6.54 Å². The van der Waals surface area contributed by atoms with Crippen molar-refractivity contribution in [3.63, 3.8) is 0 Å². The maximum Gasteiger partial charge on any atom is 0.191 e. The standard InChI is InChI=1S/C17H29N3O2/c1-14(2)15-6-8-16(9-7-15)22-13-11-20-17(18-3)19-10-5-12-21-4/h6-9,14H,5,10-13H2,1-4H3,(H2,18,19,20). The van der Waals surface area contributed by atoms with Crippen LogP contribution in [0.2, 0.25) is 0 Å². The lowest BCUT2D eigenvalue weighted by molar-refractivity contribution is 0.195. The van der Waals surface area contributed by atoms with Gasteiger partial charge in [-0.2, -0.15) is 0 Å². The Morgan fingerprint density at radius 2 is 1.77 bits per heavy atom. The minimum atomic E-state index is 0.545. The van der Waals surface area contributed by atoms with E-state index in [9.17, 15) is 0 Å². The van der Waals surface area contributed by atoms with Crippen molar-refractivity contribution in [2.24, 2.45) is 4.99 Å². The SMILES string of the molecule is CN=C(NCCCOC)NCCOc1ccc(C(C)C)cc1. The van der Waals surface area contributed by atoms with Crippen LogP contribution in [0.3, 0.4) is 0 Å². The van der Waals surface area contributed by atoms with E-state index in [2.05, 4.69) is 41.6 Å². The number of hydrogen-bond donors (Lipinski definition) is 2. The molecule has 0 saturated heterocycles. The van der Waals surface area contributed by atoms with Crippen LogP contribution in [0.15, 0.2) is 29.3 Å². The first-order valence-electron chi connectivity index (χ1n) is 7.83. The lowest BCUT2D eigenvalue weighted by atomic mass is 10.0. The fourth-order valence-electron chi connectivity index (χ4n) is 1.93. The third kappa shape index (κ3) is 7.31. The van der Waals surface area contributed by atoms with Gasteiger partial charge >= 0.3 is 0 Å². The normalized spacial score (nSPS) is 11.6. The topological polar surface area (TPSA) is 54.9 Å². The molecule has 5 heteroatoms. The van der Waals surface area contributed by atoms with E-state index < -0.39 is 0 Å².